The summed E-state index contributed by atoms with van der Waals surface area (Å²) in [5.41, 5.74) is 15.9. The Morgan fingerprint density at radius 2 is 1.95 bits per heavy atom. The van der Waals surface area contributed by atoms with Crippen LogP contribution in [0.1, 0.15) is 27.8 Å². The molecule has 40 heavy (non-hydrogen) atoms. The number of halogens is 1. The lowest BCUT2D eigenvalue weighted by atomic mass is 9.81. The van der Waals surface area contributed by atoms with Crippen LogP contribution in [0.3, 0.4) is 0 Å². The molecule has 3 aromatic rings. The highest BCUT2D eigenvalue weighted by atomic mass is 35.5. The third kappa shape index (κ3) is 4.94. The first-order chi connectivity index (χ1) is 19.4. The second-order valence-corrected chi connectivity index (χ2v) is 9.76. The van der Waals surface area contributed by atoms with Crippen LogP contribution in [-0.2, 0) is 12.1 Å². The summed E-state index contributed by atoms with van der Waals surface area (Å²) in [5.74, 6) is 0.449. The van der Waals surface area contributed by atoms with E-state index in [1.807, 2.05) is 60.7 Å². The van der Waals surface area contributed by atoms with E-state index < -0.39 is 5.60 Å². The molecule has 1 unspecified atom stereocenters. The number of guanidine groups is 1. The van der Waals surface area contributed by atoms with Gasteiger partial charge >= 0.3 is 0 Å². The first-order valence-electron chi connectivity index (χ1n) is 12.7. The summed E-state index contributed by atoms with van der Waals surface area (Å²) in [6, 6.07) is 20.7. The minimum atomic E-state index is -1.64. The van der Waals surface area contributed by atoms with Crippen LogP contribution in [-0.4, -0.2) is 47.0 Å². The van der Waals surface area contributed by atoms with Gasteiger partial charge in [0.05, 0.1) is 23.7 Å². The molecule has 2 aliphatic heterocycles. The Morgan fingerprint density at radius 3 is 2.65 bits per heavy atom. The largest absolute Gasteiger partial charge is 0.403 e. The lowest BCUT2D eigenvalue weighted by molar-refractivity contribution is 0.0967. The normalized spacial score (nSPS) is 15.8. The molecule has 0 aromatic heterocycles. The second kappa shape index (κ2) is 11.5. The van der Waals surface area contributed by atoms with Crippen molar-refractivity contribution in [3.8, 4) is 0 Å². The molecule has 1 atom stereocenters. The highest BCUT2D eigenvalue weighted by Crippen LogP contribution is 2.41. The molecule has 2 heterocycles. The van der Waals surface area contributed by atoms with Crippen LogP contribution >= 0.6 is 11.6 Å². The van der Waals surface area contributed by atoms with Gasteiger partial charge in [0.25, 0.3) is 5.96 Å². The quantitative estimate of drug-likeness (QED) is 0.209. The van der Waals surface area contributed by atoms with Crippen LogP contribution in [0.2, 0.25) is 5.02 Å². The molecule has 0 radical (unpaired) electrons. The first kappa shape index (κ1) is 27.4. The van der Waals surface area contributed by atoms with Gasteiger partial charge in [0.2, 0.25) is 0 Å². The fourth-order valence-corrected chi connectivity index (χ4v) is 5.05. The van der Waals surface area contributed by atoms with Crippen molar-refractivity contribution >= 4 is 29.0 Å². The summed E-state index contributed by atoms with van der Waals surface area (Å²) >= 11 is 6.34. The van der Waals surface area contributed by atoms with Crippen LogP contribution in [0.25, 0.3) is 0 Å². The van der Waals surface area contributed by atoms with Gasteiger partial charge in [-0.25, -0.2) is 15.5 Å². The van der Waals surface area contributed by atoms with Gasteiger partial charge in [-0.05, 0) is 47.2 Å². The molecule has 0 aliphatic carbocycles. The zero-order chi connectivity index (χ0) is 28.3. The van der Waals surface area contributed by atoms with Crippen molar-refractivity contribution in [2.24, 2.45) is 15.8 Å². The molecule has 0 fully saturated rings. The number of likely N-dealkylation sites (N-methyl/N-ethyl adjacent to an activating group) is 1. The summed E-state index contributed by atoms with van der Waals surface area (Å²) in [6.07, 6.45) is 2.98. The Bertz CT molecular complexity index is 1500. The third-order valence-electron chi connectivity index (χ3n) is 6.91. The molecule has 206 valence electrons. The lowest BCUT2D eigenvalue weighted by Crippen LogP contribution is -2.44. The van der Waals surface area contributed by atoms with E-state index in [0.717, 1.165) is 22.4 Å². The average molecular weight is 559 g/mol. The topological polar surface area (TPSA) is 134 Å². The number of hydrazine groups is 2. The van der Waals surface area contributed by atoms with Gasteiger partial charge in [0.1, 0.15) is 0 Å². The van der Waals surface area contributed by atoms with Crippen LogP contribution in [0, 0.1) is 0 Å². The number of hydrazone groups is 1. The number of aliphatic hydroxyl groups excluding tert-OH is 1. The number of aliphatic hydroxyl groups is 2. The summed E-state index contributed by atoms with van der Waals surface area (Å²) < 4.78 is 0. The Hall–Kier alpha value is -4.19. The number of fused-ring (bicyclic) bond motifs is 3. The van der Waals surface area contributed by atoms with Crippen molar-refractivity contribution in [2.75, 3.05) is 25.2 Å². The van der Waals surface area contributed by atoms with Crippen molar-refractivity contribution in [1.82, 2.24) is 21.3 Å². The standard InChI is InChI=1S/C29H31ClN8O2/c1-3-37(2)26(17-31)29(40,21-9-7-19(8-10-21)18-32-13-14-39)22-11-12-25-24(16-22)27(20-5-4-6-23(30)15-20)33-28-34-35-36-38(25)28/h3-12,15-17,32,35-36,39-40H,1,13-14,18,31H2,2H3/b26-17-. The van der Waals surface area contributed by atoms with Crippen LogP contribution in [0.4, 0.5) is 5.69 Å². The van der Waals surface area contributed by atoms with E-state index in [2.05, 4.69) is 28.1 Å². The summed E-state index contributed by atoms with van der Waals surface area (Å²) in [7, 11) is 1.78. The average Bonchev–Trinajstić information content (AvgIpc) is 3.46. The molecule has 10 nitrogen and oxygen atoms in total. The summed E-state index contributed by atoms with van der Waals surface area (Å²) in [4.78, 5) is 6.49. The zero-order valence-electron chi connectivity index (χ0n) is 22.0. The van der Waals surface area contributed by atoms with E-state index >= 15 is 0 Å². The second-order valence-electron chi connectivity index (χ2n) is 9.33. The number of hydrogen-bond acceptors (Lipinski definition) is 10. The Labute approximate surface area is 237 Å². The van der Waals surface area contributed by atoms with E-state index in [9.17, 15) is 5.11 Å². The molecule has 7 N–H and O–H groups in total. The van der Waals surface area contributed by atoms with Gasteiger partial charge in [-0.15, -0.1) is 10.6 Å². The maximum atomic E-state index is 12.6. The number of benzene rings is 3. The molecular formula is C29H31ClN8O2. The van der Waals surface area contributed by atoms with E-state index in [1.54, 1.807) is 29.2 Å². The Morgan fingerprint density at radius 1 is 1.18 bits per heavy atom. The van der Waals surface area contributed by atoms with Crippen molar-refractivity contribution in [3.63, 3.8) is 0 Å². The highest BCUT2D eigenvalue weighted by Gasteiger charge is 2.40. The smallest absolute Gasteiger partial charge is 0.265 e. The Kier molecular flexibility index (Phi) is 7.88. The Balaban J connectivity index is 1.66. The third-order valence-corrected chi connectivity index (χ3v) is 7.14. The summed E-state index contributed by atoms with van der Waals surface area (Å²) in [6.45, 7) is 5.02. The molecule has 0 saturated carbocycles. The molecule has 0 saturated heterocycles. The number of nitrogens with two attached hydrogens (primary N) is 1. The molecule has 0 spiro atoms. The predicted molar refractivity (Wildman–Crippen MR) is 158 cm³/mol. The minimum absolute atomic E-state index is 0.0611. The SMILES string of the molecule is C=CN(C)/C(=C\N)C(O)(c1ccc(CNCCO)cc1)c1ccc2c(c1)C(c1cccc(Cl)c1)=NC1=NNNN12. The van der Waals surface area contributed by atoms with Crippen molar-refractivity contribution in [3.05, 3.63) is 124 Å². The maximum absolute atomic E-state index is 12.6. The van der Waals surface area contributed by atoms with Crippen LogP contribution in [0.5, 0.6) is 0 Å². The molecule has 2 aliphatic rings. The number of hydrogen-bond donors (Lipinski definition) is 6. The summed E-state index contributed by atoms with van der Waals surface area (Å²) in [5, 5.41) is 31.4. The minimum Gasteiger partial charge on any atom is -0.403 e. The maximum Gasteiger partial charge on any atom is 0.265 e. The number of nitrogens with one attached hydrogen (secondary N) is 3. The lowest BCUT2D eigenvalue weighted by Gasteiger charge is -2.37. The number of anilines is 1. The molecule has 0 bridgehead atoms. The molecule has 5 rings (SSSR count). The number of nitrogens with zero attached hydrogens (tertiary/aromatic N) is 4. The van der Waals surface area contributed by atoms with Crippen LogP contribution in [0.15, 0.2) is 101 Å². The van der Waals surface area contributed by atoms with Gasteiger partial charge in [0.15, 0.2) is 5.60 Å². The molecule has 11 heteroatoms. The molecule has 3 aromatic carbocycles. The van der Waals surface area contributed by atoms with Crippen molar-refractivity contribution in [2.45, 2.75) is 12.1 Å². The monoisotopic (exact) mass is 558 g/mol. The van der Waals surface area contributed by atoms with Crippen molar-refractivity contribution in [1.29, 1.82) is 0 Å². The predicted octanol–water partition coefficient (Wildman–Crippen LogP) is 2.48. The number of aliphatic imine (C=N–C) groups is 1. The zero-order valence-corrected chi connectivity index (χ0v) is 22.7. The van der Waals surface area contributed by atoms with Gasteiger partial charge in [-0.1, -0.05) is 60.6 Å². The van der Waals surface area contributed by atoms with E-state index in [-0.39, 0.29) is 6.61 Å². The van der Waals surface area contributed by atoms with Gasteiger partial charge in [-0.3, -0.25) is 0 Å². The van der Waals surface area contributed by atoms with Gasteiger partial charge < -0.3 is 26.2 Å². The fraction of sp³-hybridized carbons (Fsp3) is 0.172. The first-order valence-corrected chi connectivity index (χ1v) is 13.1. The van der Waals surface area contributed by atoms with Crippen molar-refractivity contribution < 1.29 is 10.2 Å². The highest BCUT2D eigenvalue weighted by molar-refractivity contribution is 6.32. The van der Waals surface area contributed by atoms with Crippen LogP contribution < -0.4 is 27.1 Å². The van der Waals surface area contributed by atoms with Gasteiger partial charge in [-0.2, -0.15) is 0 Å². The van der Waals surface area contributed by atoms with E-state index in [1.165, 1.54) is 6.20 Å². The fourth-order valence-electron chi connectivity index (χ4n) is 4.86. The van der Waals surface area contributed by atoms with Gasteiger partial charge in [0, 0.05) is 42.5 Å². The van der Waals surface area contributed by atoms with E-state index in [4.69, 9.17) is 27.4 Å². The molecular weight excluding hydrogens is 528 g/mol. The number of rotatable bonds is 10. The molecule has 0 amide bonds. The van der Waals surface area contributed by atoms with E-state index in [0.29, 0.717) is 46.6 Å².